The first-order valence-corrected chi connectivity index (χ1v) is 9.75. The van der Waals surface area contributed by atoms with E-state index in [1.54, 1.807) is 4.57 Å². The van der Waals surface area contributed by atoms with Crippen LogP contribution in [0.25, 0.3) is 10.2 Å². The lowest BCUT2D eigenvalue weighted by Crippen LogP contribution is -2.22. The number of carbonyl (C=O) groups is 3. The van der Waals surface area contributed by atoms with Crippen molar-refractivity contribution in [2.45, 2.75) is 19.9 Å². The van der Waals surface area contributed by atoms with Crippen LogP contribution >= 0.6 is 11.3 Å². The van der Waals surface area contributed by atoms with Gasteiger partial charge in [0.2, 0.25) is 0 Å². The highest BCUT2D eigenvalue weighted by Crippen LogP contribution is 2.20. The van der Waals surface area contributed by atoms with Gasteiger partial charge in [-0.3, -0.25) is 9.59 Å². The molecule has 150 valence electrons. The van der Waals surface area contributed by atoms with Gasteiger partial charge in [0.15, 0.2) is 4.80 Å². The van der Waals surface area contributed by atoms with E-state index in [0.29, 0.717) is 15.9 Å². The molecule has 0 aliphatic carbocycles. The van der Waals surface area contributed by atoms with Gasteiger partial charge in [-0.2, -0.15) is 4.99 Å². The van der Waals surface area contributed by atoms with Crippen LogP contribution in [0.1, 0.15) is 33.2 Å². The van der Waals surface area contributed by atoms with E-state index < -0.39 is 17.8 Å². The molecule has 8 heteroatoms. The molecule has 0 radical (unpaired) electrons. The molecule has 0 saturated carbocycles. The van der Waals surface area contributed by atoms with Crippen molar-refractivity contribution in [3.8, 4) is 0 Å². The van der Waals surface area contributed by atoms with Crippen LogP contribution in [0.4, 0.5) is 0 Å². The van der Waals surface area contributed by atoms with Gasteiger partial charge in [-0.1, -0.05) is 24.3 Å². The predicted octanol–water partition coefficient (Wildman–Crippen LogP) is 2.97. The molecule has 0 spiro atoms. The molecular weight excluding hydrogens is 392 g/mol. The zero-order valence-corrected chi connectivity index (χ0v) is 17.1. The molecule has 29 heavy (non-hydrogen) atoms. The number of rotatable bonds is 5. The third kappa shape index (κ3) is 4.43. The molecule has 3 rings (SSSR count). The second-order valence-corrected chi connectivity index (χ2v) is 7.20. The van der Waals surface area contributed by atoms with Gasteiger partial charge in [0, 0.05) is 5.56 Å². The Morgan fingerprint density at radius 1 is 1.00 bits per heavy atom. The summed E-state index contributed by atoms with van der Waals surface area (Å²) in [6, 6.07) is 12.0. The number of amides is 1. The highest BCUT2D eigenvalue weighted by atomic mass is 32.1. The second-order valence-electron chi connectivity index (χ2n) is 6.19. The van der Waals surface area contributed by atoms with E-state index in [9.17, 15) is 14.4 Å². The van der Waals surface area contributed by atoms with Crippen LogP contribution in [0.15, 0.2) is 47.5 Å². The maximum absolute atomic E-state index is 12.7. The maximum Gasteiger partial charge on any atom is 0.337 e. The Bertz CT molecular complexity index is 1140. The standard InChI is InChI=1S/C21H20N2O5S/c1-4-13-5-10-16-17(11-13)29-21(23(16)12-18(24)27-2)22-19(25)14-6-8-15(9-7-14)20(26)28-3/h5-11H,4,12H2,1-3H3. The van der Waals surface area contributed by atoms with Crippen LogP contribution in [-0.4, -0.2) is 36.6 Å². The molecule has 0 unspecified atom stereocenters. The number of hydrogen-bond donors (Lipinski definition) is 0. The lowest BCUT2D eigenvalue weighted by Gasteiger charge is -2.04. The molecule has 7 nitrogen and oxygen atoms in total. The number of nitrogens with zero attached hydrogens (tertiary/aromatic N) is 2. The molecule has 3 aromatic rings. The number of hydrogen-bond acceptors (Lipinski definition) is 6. The van der Waals surface area contributed by atoms with Gasteiger partial charge < -0.3 is 14.0 Å². The van der Waals surface area contributed by atoms with Crippen molar-refractivity contribution in [3.05, 3.63) is 64.0 Å². The van der Waals surface area contributed by atoms with Crippen molar-refractivity contribution in [3.63, 3.8) is 0 Å². The minimum absolute atomic E-state index is 0.0463. The first kappa shape index (κ1) is 20.5. The van der Waals surface area contributed by atoms with Gasteiger partial charge in [0.05, 0.1) is 30.0 Å². The summed E-state index contributed by atoms with van der Waals surface area (Å²) in [7, 11) is 2.61. The number of benzene rings is 2. The van der Waals surface area contributed by atoms with Crippen molar-refractivity contribution in [2.75, 3.05) is 14.2 Å². The van der Waals surface area contributed by atoms with E-state index in [0.717, 1.165) is 22.2 Å². The number of aromatic nitrogens is 1. The lowest BCUT2D eigenvalue weighted by atomic mass is 10.1. The summed E-state index contributed by atoms with van der Waals surface area (Å²) in [6.07, 6.45) is 0.878. The second kappa shape index (κ2) is 8.83. The van der Waals surface area contributed by atoms with E-state index >= 15 is 0 Å². The minimum Gasteiger partial charge on any atom is -0.468 e. The van der Waals surface area contributed by atoms with Crippen LogP contribution in [0.3, 0.4) is 0 Å². The summed E-state index contributed by atoms with van der Waals surface area (Å²) >= 11 is 1.33. The lowest BCUT2D eigenvalue weighted by molar-refractivity contribution is -0.141. The third-order valence-corrected chi connectivity index (χ3v) is 5.46. The highest BCUT2D eigenvalue weighted by molar-refractivity contribution is 7.16. The summed E-state index contributed by atoms with van der Waals surface area (Å²) in [4.78, 5) is 40.7. The average molecular weight is 412 g/mol. The minimum atomic E-state index is -0.479. The van der Waals surface area contributed by atoms with E-state index in [-0.39, 0.29) is 6.54 Å². The SMILES string of the molecule is CCc1ccc2c(c1)sc(=NC(=O)c1ccc(C(=O)OC)cc1)n2CC(=O)OC. The van der Waals surface area contributed by atoms with Crippen LogP contribution in [0.5, 0.6) is 0 Å². The summed E-state index contributed by atoms with van der Waals surface area (Å²) < 4.78 is 12.0. The molecule has 0 atom stereocenters. The molecule has 1 heterocycles. The molecule has 0 N–H and O–H groups in total. The molecule has 0 aliphatic heterocycles. The first-order chi connectivity index (χ1) is 14.0. The number of esters is 2. The van der Waals surface area contributed by atoms with Crippen LogP contribution in [0, 0.1) is 0 Å². The van der Waals surface area contributed by atoms with Gasteiger partial charge in [0.1, 0.15) is 6.54 Å². The number of thiazole rings is 1. The Hall–Kier alpha value is -3.26. The maximum atomic E-state index is 12.7. The van der Waals surface area contributed by atoms with Crippen molar-refractivity contribution < 1.29 is 23.9 Å². The zero-order valence-electron chi connectivity index (χ0n) is 16.3. The van der Waals surface area contributed by atoms with Crippen molar-refractivity contribution in [1.82, 2.24) is 4.57 Å². The number of methoxy groups -OCH3 is 2. The van der Waals surface area contributed by atoms with E-state index in [4.69, 9.17) is 4.74 Å². The molecule has 0 aliphatic rings. The number of aryl methyl sites for hydroxylation is 1. The number of fused-ring (bicyclic) bond motifs is 1. The fraction of sp³-hybridized carbons (Fsp3) is 0.238. The monoisotopic (exact) mass is 412 g/mol. The third-order valence-electron chi connectivity index (χ3n) is 4.42. The highest BCUT2D eigenvalue weighted by Gasteiger charge is 2.13. The van der Waals surface area contributed by atoms with Gasteiger partial charge in [0.25, 0.3) is 5.91 Å². The normalized spacial score (nSPS) is 11.5. The summed E-state index contributed by atoms with van der Waals surface area (Å²) in [6.45, 7) is 2.01. The molecule has 1 amide bonds. The average Bonchev–Trinajstić information content (AvgIpc) is 3.08. The molecular formula is C21H20N2O5S. The van der Waals surface area contributed by atoms with Gasteiger partial charge in [-0.05, 0) is 48.4 Å². The van der Waals surface area contributed by atoms with Crippen LogP contribution < -0.4 is 4.80 Å². The van der Waals surface area contributed by atoms with Gasteiger partial charge in [-0.25, -0.2) is 4.79 Å². The van der Waals surface area contributed by atoms with Crippen molar-refractivity contribution in [2.24, 2.45) is 4.99 Å². The summed E-state index contributed by atoms with van der Waals surface area (Å²) in [5.74, 6) is -1.38. The van der Waals surface area contributed by atoms with Gasteiger partial charge >= 0.3 is 11.9 Å². The molecule has 0 fully saturated rings. The quantitative estimate of drug-likeness (QED) is 0.602. The fourth-order valence-corrected chi connectivity index (χ4v) is 3.88. The van der Waals surface area contributed by atoms with Crippen LogP contribution in [0.2, 0.25) is 0 Å². The summed E-state index contributed by atoms with van der Waals surface area (Å²) in [5, 5.41) is 0. The molecule has 0 saturated heterocycles. The van der Waals surface area contributed by atoms with Gasteiger partial charge in [-0.15, -0.1) is 0 Å². The zero-order chi connectivity index (χ0) is 21.0. The van der Waals surface area contributed by atoms with Crippen LogP contribution in [-0.2, 0) is 27.2 Å². The number of ether oxygens (including phenoxy) is 2. The summed E-state index contributed by atoms with van der Waals surface area (Å²) in [5.41, 5.74) is 2.64. The van der Waals surface area contributed by atoms with E-state index in [1.165, 1.54) is 49.8 Å². The largest absolute Gasteiger partial charge is 0.468 e. The van der Waals surface area contributed by atoms with E-state index in [1.807, 2.05) is 18.2 Å². The Balaban J connectivity index is 2.05. The van der Waals surface area contributed by atoms with E-state index in [2.05, 4.69) is 16.7 Å². The Morgan fingerprint density at radius 3 is 2.31 bits per heavy atom. The van der Waals surface area contributed by atoms with Crippen molar-refractivity contribution >= 4 is 39.4 Å². The number of carbonyl (C=O) groups excluding carboxylic acids is 3. The fourth-order valence-electron chi connectivity index (χ4n) is 2.79. The Kier molecular flexibility index (Phi) is 6.23. The molecule has 0 bridgehead atoms. The predicted molar refractivity (Wildman–Crippen MR) is 109 cm³/mol. The Morgan fingerprint density at radius 2 is 1.69 bits per heavy atom. The topological polar surface area (TPSA) is 87.0 Å². The van der Waals surface area contributed by atoms with Crippen molar-refractivity contribution in [1.29, 1.82) is 0 Å². The Labute approximate surface area is 171 Å². The molecule has 2 aromatic carbocycles. The molecule has 1 aromatic heterocycles. The first-order valence-electron chi connectivity index (χ1n) is 8.93. The smallest absolute Gasteiger partial charge is 0.337 e.